The Morgan fingerprint density at radius 1 is 1.11 bits per heavy atom. The molecular weight excluding hydrogens is 346 g/mol. The number of pyridine rings is 1. The molecule has 3 rings (SSSR count). The van der Waals surface area contributed by atoms with Crippen molar-refractivity contribution in [3.63, 3.8) is 0 Å². The molecule has 7 heteroatoms. The number of nitrogens with one attached hydrogen (secondary N) is 1. The van der Waals surface area contributed by atoms with Crippen LogP contribution >= 0.6 is 0 Å². The lowest BCUT2D eigenvalue weighted by Gasteiger charge is -2.10. The molecule has 1 heterocycles. The van der Waals surface area contributed by atoms with E-state index in [1.165, 1.54) is 34.9 Å². The summed E-state index contributed by atoms with van der Waals surface area (Å²) < 4.78 is 1.46. The van der Waals surface area contributed by atoms with Gasteiger partial charge in [0, 0.05) is 24.0 Å². The lowest BCUT2D eigenvalue weighted by atomic mass is 10.1. The predicted molar refractivity (Wildman–Crippen MR) is 102 cm³/mol. The molecule has 0 bridgehead atoms. The van der Waals surface area contributed by atoms with Crippen LogP contribution in [0.5, 0.6) is 0 Å². The topological polar surface area (TPSA) is 94.2 Å². The molecule has 0 spiro atoms. The summed E-state index contributed by atoms with van der Waals surface area (Å²) in [6.07, 6.45) is 1.62. The number of anilines is 1. The van der Waals surface area contributed by atoms with E-state index >= 15 is 0 Å². The third kappa shape index (κ3) is 4.09. The van der Waals surface area contributed by atoms with Crippen molar-refractivity contribution >= 4 is 17.3 Å². The molecule has 3 aromatic rings. The number of nitro benzene ring substituents is 1. The van der Waals surface area contributed by atoms with E-state index in [0.29, 0.717) is 6.54 Å². The SMILES string of the molecule is Cc1ccccc1Cn1cccc(C(=O)Nc2cccc([N+](=O)[O-])c2)c1=O. The number of hydrogen-bond donors (Lipinski definition) is 1. The number of rotatable bonds is 5. The van der Waals surface area contributed by atoms with Gasteiger partial charge in [0.1, 0.15) is 5.56 Å². The van der Waals surface area contributed by atoms with Crippen LogP contribution < -0.4 is 10.9 Å². The van der Waals surface area contributed by atoms with Gasteiger partial charge in [-0.1, -0.05) is 30.3 Å². The standard InChI is InChI=1S/C20H17N3O4/c1-14-6-2-3-7-15(14)13-22-11-5-10-18(20(22)25)19(24)21-16-8-4-9-17(12-16)23(26)27/h2-12H,13H2,1H3,(H,21,24). The van der Waals surface area contributed by atoms with Crippen molar-refractivity contribution in [1.29, 1.82) is 0 Å². The van der Waals surface area contributed by atoms with Gasteiger partial charge in [0.05, 0.1) is 11.5 Å². The van der Waals surface area contributed by atoms with Crippen molar-refractivity contribution in [2.75, 3.05) is 5.32 Å². The largest absolute Gasteiger partial charge is 0.322 e. The van der Waals surface area contributed by atoms with Crippen molar-refractivity contribution in [1.82, 2.24) is 4.57 Å². The summed E-state index contributed by atoms with van der Waals surface area (Å²) in [4.78, 5) is 35.5. The van der Waals surface area contributed by atoms with Crippen molar-refractivity contribution in [3.8, 4) is 0 Å². The summed E-state index contributed by atoms with van der Waals surface area (Å²) in [5.74, 6) is -0.611. The first-order chi connectivity index (χ1) is 13.0. The van der Waals surface area contributed by atoms with E-state index in [0.717, 1.165) is 11.1 Å². The zero-order chi connectivity index (χ0) is 19.4. The molecule has 136 valence electrons. The number of nitrogens with zero attached hydrogens (tertiary/aromatic N) is 2. The Balaban J connectivity index is 1.86. The van der Waals surface area contributed by atoms with E-state index in [9.17, 15) is 19.7 Å². The minimum Gasteiger partial charge on any atom is -0.322 e. The minimum atomic E-state index is -0.611. The Morgan fingerprint density at radius 3 is 2.63 bits per heavy atom. The van der Waals surface area contributed by atoms with E-state index in [-0.39, 0.29) is 16.9 Å². The van der Waals surface area contributed by atoms with Crippen molar-refractivity contribution in [2.24, 2.45) is 0 Å². The highest BCUT2D eigenvalue weighted by Gasteiger charge is 2.14. The monoisotopic (exact) mass is 363 g/mol. The second-order valence-corrected chi connectivity index (χ2v) is 6.04. The molecule has 0 aliphatic heterocycles. The molecule has 27 heavy (non-hydrogen) atoms. The Bertz CT molecular complexity index is 1070. The van der Waals surface area contributed by atoms with E-state index in [4.69, 9.17) is 0 Å². The van der Waals surface area contributed by atoms with Crippen LogP contribution in [0.4, 0.5) is 11.4 Å². The number of carbonyl (C=O) groups excluding carboxylic acids is 1. The molecule has 0 aliphatic carbocycles. The number of amides is 1. The molecule has 1 N–H and O–H groups in total. The zero-order valence-corrected chi connectivity index (χ0v) is 14.6. The number of benzene rings is 2. The first-order valence-corrected chi connectivity index (χ1v) is 8.25. The van der Waals surface area contributed by atoms with Gasteiger partial charge in [0.15, 0.2) is 0 Å². The van der Waals surface area contributed by atoms with Crippen molar-refractivity contribution < 1.29 is 9.72 Å². The minimum absolute atomic E-state index is 0.0300. The second-order valence-electron chi connectivity index (χ2n) is 6.04. The lowest BCUT2D eigenvalue weighted by Crippen LogP contribution is -2.29. The number of hydrogen-bond acceptors (Lipinski definition) is 4. The maximum atomic E-state index is 12.7. The Morgan fingerprint density at radius 2 is 1.89 bits per heavy atom. The molecule has 0 atom stereocenters. The lowest BCUT2D eigenvalue weighted by molar-refractivity contribution is -0.384. The smallest absolute Gasteiger partial charge is 0.271 e. The first kappa shape index (κ1) is 18.1. The van der Waals surface area contributed by atoms with Gasteiger partial charge in [-0.2, -0.15) is 0 Å². The number of non-ortho nitro benzene ring substituents is 1. The van der Waals surface area contributed by atoms with Gasteiger partial charge in [0.2, 0.25) is 0 Å². The van der Waals surface area contributed by atoms with E-state index in [1.54, 1.807) is 12.3 Å². The maximum Gasteiger partial charge on any atom is 0.271 e. The van der Waals surface area contributed by atoms with Gasteiger partial charge >= 0.3 is 0 Å². The summed E-state index contributed by atoms with van der Waals surface area (Å²) in [6, 6.07) is 16.3. The Hall–Kier alpha value is -3.74. The first-order valence-electron chi connectivity index (χ1n) is 8.25. The molecule has 0 aliphatic rings. The number of aromatic nitrogens is 1. The molecule has 0 saturated carbocycles. The zero-order valence-electron chi connectivity index (χ0n) is 14.6. The van der Waals surface area contributed by atoms with Crippen LogP contribution in [0.3, 0.4) is 0 Å². The molecule has 2 aromatic carbocycles. The van der Waals surface area contributed by atoms with Gasteiger partial charge < -0.3 is 9.88 Å². The third-order valence-electron chi connectivity index (χ3n) is 4.18. The fourth-order valence-electron chi connectivity index (χ4n) is 2.70. The predicted octanol–water partition coefficient (Wildman–Crippen LogP) is 3.37. The summed E-state index contributed by atoms with van der Waals surface area (Å²) >= 11 is 0. The van der Waals surface area contributed by atoms with Crippen LogP contribution in [0.15, 0.2) is 71.7 Å². The molecule has 1 amide bonds. The average molecular weight is 363 g/mol. The van der Waals surface area contributed by atoms with Crippen LogP contribution in [0, 0.1) is 17.0 Å². The summed E-state index contributed by atoms with van der Waals surface area (Å²) in [5, 5.41) is 13.4. The van der Waals surface area contributed by atoms with Gasteiger partial charge in [-0.05, 0) is 36.2 Å². The van der Waals surface area contributed by atoms with E-state index in [1.807, 2.05) is 31.2 Å². The van der Waals surface area contributed by atoms with Crippen molar-refractivity contribution in [2.45, 2.75) is 13.5 Å². The van der Waals surface area contributed by atoms with Crippen LogP contribution in [-0.4, -0.2) is 15.4 Å². The van der Waals surface area contributed by atoms with E-state index in [2.05, 4.69) is 5.32 Å². The fraction of sp³-hybridized carbons (Fsp3) is 0.100. The van der Waals surface area contributed by atoms with Crippen LogP contribution in [-0.2, 0) is 6.54 Å². The molecule has 0 radical (unpaired) electrons. The summed E-state index contributed by atoms with van der Waals surface area (Å²) in [6.45, 7) is 2.31. The van der Waals surface area contributed by atoms with Gasteiger partial charge in [-0.3, -0.25) is 19.7 Å². The summed E-state index contributed by atoms with van der Waals surface area (Å²) in [5.41, 5.74) is 1.69. The Labute approximate surface area is 155 Å². The van der Waals surface area contributed by atoms with Crippen LogP contribution in [0.25, 0.3) is 0 Å². The van der Waals surface area contributed by atoms with Crippen LogP contribution in [0.1, 0.15) is 21.5 Å². The molecular formula is C20H17N3O4. The quantitative estimate of drug-likeness (QED) is 0.555. The van der Waals surface area contributed by atoms with Crippen molar-refractivity contribution in [3.05, 3.63) is 104 Å². The third-order valence-corrected chi connectivity index (χ3v) is 4.18. The van der Waals surface area contributed by atoms with Gasteiger partial charge in [0.25, 0.3) is 17.2 Å². The highest BCUT2D eigenvalue weighted by atomic mass is 16.6. The molecule has 0 unspecified atom stereocenters. The fourth-order valence-corrected chi connectivity index (χ4v) is 2.70. The maximum absolute atomic E-state index is 12.7. The second kappa shape index (κ2) is 7.65. The summed E-state index contributed by atoms with van der Waals surface area (Å²) in [7, 11) is 0. The van der Waals surface area contributed by atoms with E-state index < -0.39 is 16.4 Å². The number of carbonyl (C=O) groups is 1. The average Bonchev–Trinajstić information content (AvgIpc) is 2.65. The molecule has 1 aromatic heterocycles. The van der Waals surface area contributed by atoms with Gasteiger partial charge in [-0.25, -0.2) is 0 Å². The molecule has 7 nitrogen and oxygen atoms in total. The number of nitro groups is 1. The Kier molecular flexibility index (Phi) is 5.12. The highest BCUT2D eigenvalue weighted by molar-refractivity contribution is 6.04. The molecule has 0 saturated heterocycles. The van der Waals surface area contributed by atoms with Gasteiger partial charge in [-0.15, -0.1) is 0 Å². The number of aryl methyl sites for hydroxylation is 1. The van der Waals surface area contributed by atoms with Crippen LogP contribution in [0.2, 0.25) is 0 Å². The normalized spacial score (nSPS) is 10.4. The highest BCUT2D eigenvalue weighted by Crippen LogP contribution is 2.17. The molecule has 0 fully saturated rings.